The molecule has 112 valence electrons. The highest BCUT2D eigenvalue weighted by molar-refractivity contribution is 7.90. The van der Waals surface area contributed by atoms with Crippen molar-refractivity contribution in [2.24, 2.45) is 0 Å². The van der Waals surface area contributed by atoms with E-state index in [9.17, 15) is 8.42 Å². The number of rotatable bonds is 4. The van der Waals surface area contributed by atoms with Crippen molar-refractivity contribution in [3.63, 3.8) is 0 Å². The number of sulfone groups is 1. The molecule has 1 aromatic rings. The normalized spacial score (nSPS) is 23.9. The average molecular weight is 297 g/mol. The van der Waals surface area contributed by atoms with Gasteiger partial charge in [0.2, 0.25) is 0 Å². The van der Waals surface area contributed by atoms with Crippen molar-refractivity contribution >= 4 is 9.84 Å². The van der Waals surface area contributed by atoms with E-state index in [1.165, 1.54) is 30.5 Å². The number of hydrogen-bond acceptors (Lipinski definition) is 4. The Bertz CT molecular complexity index is 579. The number of likely N-dealkylation sites (tertiary alicyclic amines) is 1. The molecule has 0 radical (unpaired) electrons. The smallest absolute Gasteiger partial charge is 0.148 e. The largest absolute Gasteiger partial charge is 0.330 e. The van der Waals surface area contributed by atoms with E-state index in [1.54, 1.807) is 0 Å². The molecule has 1 saturated heterocycles. The van der Waals surface area contributed by atoms with Gasteiger partial charge in [0.05, 0.1) is 17.8 Å². The van der Waals surface area contributed by atoms with Gasteiger partial charge in [0.1, 0.15) is 9.84 Å². The van der Waals surface area contributed by atoms with E-state index < -0.39 is 9.84 Å². The molecule has 0 unspecified atom stereocenters. The maximum atomic E-state index is 11.2. The minimum Gasteiger partial charge on any atom is -0.330 e. The summed E-state index contributed by atoms with van der Waals surface area (Å²) in [6, 6.07) is 0.476. The van der Waals surface area contributed by atoms with Crippen LogP contribution in [0.5, 0.6) is 0 Å². The van der Waals surface area contributed by atoms with Crippen LogP contribution in [-0.4, -0.2) is 54.5 Å². The predicted molar refractivity (Wildman–Crippen MR) is 78.7 cm³/mol. The van der Waals surface area contributed by atoms with E-state index in [-0.39, 0.29) is 5.75 Å². The van der Waals surface area contributed by atoms with E-state index >= 15 is 0 Å². The van der Waals surface area contributed by atoms with Gasteiger partial charge in [-0.2, -0.15) is 0 Å². The Hall–Kier alpha value is -0.880. The molecule has 0 bridgehead atoms. The van der Waals surface area contributed by atoms with Crippen LogP contribution in [0.1, 0.15) is 36.7 Å². The second kappa shape index (κ2) is 5.48. The molecule has 20 heavy (non-hydrogen) atoms. The van der Waals surface area contributed by atoms with Crippen molar-refractivity contribution in [1.82, 2.24) is 14.5 Å². The number of nitrogens with zero attached hydrogens (tertiary/aromatic N) is 3. The van der Waals surface area contributed by atoms with E-state index in [1.807, 2.05) is 6.33 Å². The zero-order valence-corrected chi connectivity index (χ0v) is 12.9. The summed E-state index contributed by atoms with van der Waals surface area (Å²) >= 11 is 0. The second-order valence-electron chi connectivity index (χ2n) is 6.13. The average Bonchev–Trinajstić information content (AvgIpc) is 3.01. The Morgan fingerprint density at radius 2 is 2.15 bits per heavy atom. The first kappa shape index (κ1) is 14.1. The van der Waals surface area contributed by atoms with Gasteiger partial charge in [0.15, 0.2) is 0 Å². The first-order valence-electron chi connectivity index (χ1n) is 7.47. The quantitative estimate of drug-likeness (QED) is 0.834. The van der Waals surface area contributed by atoms with Crippen molar-refractivity contribution in [3.8, 4) is 0 Å². The minimum absolute atomic E-state index is 0.266. The van der Waals surface area contributed by atoms with E-state index in [0.717, 1.165) is 32.4 Å². The lowest BCUT2D eigenvalue weighted by Crippen LogP contribution is -2.27. The highest BCUT2D eigenvalue weighted by Crippen LogP contribution is 2.28. The molecule has 1 atom stereocenters. The van der Waals surface area contributed by atoms with Crippen LogP contribution in [-0.2, 0) is 22.7 Å². The van der Waals surface area contributed by atoms with Gasteiger partial charge in [-0.1, -0.05) is 0 Å². The van der Waals surface area contributed by atoms with Crippen molar-refractivity contribution in [1.29, 1.82) is 0 Å². The highest BCUT2D eigenvalue weighted by atomic mass is 32.2. The fraction of sp³-hybridized carbons (Fsp3) is 0.786. The fourth-order valence-corrected chi connectivity index (χ4v) is 3.93. The molecule has 1 aromatic heterocycles. The molecule has 0 aromatic carbocycles. The van der Waals surface area contributed by atoms with Crippen molar-refractivity contribution in [2.75, 3.05) is 31.6 Å². The van der Waals surface area contributed by atoms with Gasteiger partial charge in [-0.3, -0.25) is 0 Å². The highest BCUT2D eigenvalue weighted by Gasteiger charge is 2.27. The summed E-state index contributed by atoms with van der Waals surface area (Å²) in [5.41, 5.74) is 2.71. The second-order valence-corrected chi connectivity index (χ2v) is 8.39. The van der Waals surface area contributed by atoms with E-state index in [2.05, 4.69) is 14.5 Å². The van der Waals surface area contributed by atoms with Gasteiger partial charge in [-0.25, -0.2) is 13.4 Å². The third-order valence-electron chi connectivity index (χ3n) is 4.48. The lowest BCUT2D eigenvalue weighted by Gasteiger charge is -2.20. The third kappa shape index (κ3) is 3.06. The number of aromatic nitrogens is 2. The molecular weight excluding hydrogens is 274 g/mol. The molecule has 1 aliphatic carbocycles. The van der Waals surface area contributed by atoms with E-state index in [4.69, 9.17) is 0 Å². The molecule has 0 N–H and O–H groups in total. The van der Waals surface area contributed by atoms with Crippen LogP contribution in [0.15, 0.2) is 6.33 Å². The van der Waals surface area contributed by atoms with Crippen molar-refractivity contribution in [2.45, 2.75) is 38.1 Å². The summed E-state index contributed by atoms with van der Waals surface area (Å²) in [6.45, 7) is 2.61. The lowest BCUT2D eigenvalue weighted by atomic mass is 10.0. The van der Waals surface area contributed by atoms with Gasteiger partial charge in [-0.05, 0) is 32.1 Å². The van der Waals surface area contributed by atoms with Crippen LogP contribution < -0.4 is 0 Å². The van der Waals surface area contributed by atoms with Crippen LogP contribution in [0.4, 0.5) is 0 Å². The molecule has 1 aliphatic heterocycles. The number of imidazole rings is 1. The molecule has 1 fully saturated rings. The Kier molecular flexibility index (Phi) is 3.86. The third-order valence-corrected chi connectivity index (χ3v) is 5.40. The van der Waals surface area contributed by atoms with Gasteiger partial charge in [-0.15, -0.1) is 0 Å². The summed E-state index contributed by atoms with van der Waals surface area (Å²) in [6.07, 6.45) is 9.21. The SMILES string of the molecule is CS(=O)(=O)CCN1CC[C@@H](n2cnc3c2CCCC3)C1. The maximum absolute atomic E-state index is 11.2. The van der Waals surface area contributed by atoms with Crippen molar-refractivity contribution in [3.05, 3.63) is 17.7 Å². The van der Waals surface area contributed by atoms with Crippen LogP contribution in [0.25, 0.3) is 0 Å². The molecule has 5 nitrogen and oxygen atoms in total. The number of hydrogen-bond donors (Lipinski definition) is 0. The summed E-state index contributed by atoms with van der Waals surface area (Å²) < 4.78 is 24.9. The molecule has 0 amide bonds. The molecule has 6 heteroatoms. The van der Waals surface area contributed by atoms with Crippen LogP contribution in [0.3, 0.4) is 0 Å². The lowest BCUT2D eigenvalue weighted by molar-refractivity contribution is 0.340. The summed E-state index contributed by atoms with van der Waals surface area (Å²) in [5.74, 6) is 0.266. The van der Waals surface area contributed by atoms with Crippen LogP contribution >= 0.6 is 0 Å². The minimum atomic E-state index is -2.86. The van der Waals surface area contributed by atoms with Crippen LogP contribution in [0, 0.1) is 0 Å². The van der Waals surface area contributed by atoms with Gasteiger partial charge in [0.25, 0.3) is 0 Å². The molecule has 2 aliphatic rings. The number of aryl methyl sites for hydroxylation is 1. The molecule has 2 heterocycles. The van der Waals surface area contributed by atoms with Gasteiger partial charge >= 0.3 is 0 Å². The monoisotopic (exact) mass is 297 g/mol. The topological polar surface area (TPSA) is 55.2 Å². The Morgan fingerprint density at radius 3 is 2.95 bits per heavy atom. The zero-order valence-electron chi connectivity index (χ0n) is 12.1. The number of fused-ring (bicyclic) bond motifs is 1. The molecular formula is C14H23N3O2S. The molecule has 0 spiro atoms. The zero-order chi connectivity index (χ0) is 14.2. The van der Waals surface area contributed by atoms with Crippen molar-refractivity contribution < 1.29 is 8.42 Å². The summed E-state index contributed by atoms with van der Waals surface area (Å²) in [4.78, 5) is 6.82. The fourth-order valence-electron chi connectivity index (χ4n) is 3.34. The Morgan fingerprint density at radius 1 is 1.35 bits per heavy atom. The van der Waals surface area contributed by atoms with Crippen LogP contribution in [0.2, 0.25) is 0 Å². The molecule has 3 rings (SSSR count). The first-order chi connectivity index (χ1) is 9.53. The van der Waals surface area contributed by atoms with E-state index in [0.29, 0.717) is 12.6 Å². The van der Waals surface area contributed by atoms with Gasteiger partial charge < -0.3 is 9.47 Å². The predicted octanol–water partition coefficient (Wildman–Crippen LogP) is 1.05. The van der Waals surface area contributed by atoms with Gasteiger partial charge in [0, 0.05) is 37.6 Å². The summed E-state index contributed by atoms with van der Waals surface area (Å²) in [5, 5.41) is 0. The summed E-state index contributed by atoms with van der Waals surface area (Å²) in [7, 11) is -2.86. The Labute approximate surface area is 120 Å². The molecule has 0 saturated carbocycles. The first-order valence-corrected chi connectivity index (χ1v) is 9.53. The Balaban J connectivity index is 1.64. The maximum Gasteiger partial charge on any atom is 0.148 e. The standard InChI is InChI=1S/C14H23N3O2S/c1-20(18,19)9-8-16-7-6-12(10-16)17-11-15-13-4-2-3-5-14(13)17/h11-12H,2-10H2,1H3/t12-/m1/s1.